The molecule has 7 nitrogen and oxygen atoms in total. The maximum atomic E-state index is 11.9. The molecule has 0 bridgehead atoms. The Bertz CT molecular complexity index is 718. The summed E-state index contributed by atoms with van der Waals surface area (Å²) in [5.41, 5.74) is 1.98. The first kappa shape index (κ1) is 17.9. The van der Waals surface area contributed by atoms with Crippen LogP contribution in [0.1, 0.15) is 35.8 Å². The zero-order valence-corrected chi connectivity index (χ0v) is 14.2. The van der Waals surface area contributed by atoms with Gasteiger partial charge in [-0.15, -0.1) is 0 Å². The van der Waals surface area contributed by atoms with Crippen molar-refractivity contribution in [1.82, 2.24) is 10.6 Å². The van der Waals surface area contributed by atoms with E-state index in [-0.39, 0.29) is 12.2 Å². The molecule has 24 heavy (non-hydrogen) atoms. The summed E-state index contributed by atoms with van der Waals surface area (Å²) in [5, 5.41) is 29.9. The summed E-state index contributed by atoms with van der Waals surface area (Å²) >= 11 is 1.47. The average molecular weight is 349 g/mol. The fourth-order valence-corrected chi connectivity index (χ4v) is 2.90. The SMILES string of the molecule is Cc1ccc(C(C)NC(=O)NCC(O)c2ccsc2)cc1[N+](=O)[O-]. The van der Waals surface area contributed by atoms with Crippen LogP contribution in [0.5, 0.6) is 0 Å². The Balaban J connectivity index is 1.92. The van der Waals surface area contributed by atoms with Gasteiger partial charge in [-0.3, -0.25) is 10.1 Å². The highest BCUT2D eigenvalue weighted by Gasteiger charge is 2.16. The third-order valence-corrected chi connectivity index (χ3v) is 4.36. The summed E-state index contributed by atoms with van der Waals surface area (Å²) in [7, 11) is 0. The number of urea groups is 1. The molecule has 0 aliphatic carbocycles. The minimum Gasteiger partial charge on any atom is -0.387 e. The van der Waals surface area contributed by atoms with Crippen molar-refractivity contribution >= 4 is 23.1 Å². The smallest absolute Gasteiger partial charge is 0.315 e. The van der Waals surface area contributed by atoms with Crippen LogP contribution in [-0.4, -0.2) is 22.6 Å². The van der Waals surface area contributed by atoms with Gasteiger partial charge in [0.1, 0.15) is 0 Å². The molecule has 1 heterocycles. The second-order valence-corrected chi connectivity index (χ2v) is 6.23. The standard InChI is InChI=1S/C16H19N3O4S/c1-10-3-4-12(7-14(10)19(22)23)11(2)18-16(21)17-8-15(20)13-5-6-24-9-13/h3-7,9,11,15,20H,8H2,1-2H3,(H2,17,18,21). The molecule has 2 atom stereocenters. The van der Waals surface area contributed by atoms with Crippen LogP contribution in [-0.2, 0) is 0 Å². The van der Waals surface area contributed by atoms with E-state index in [9.17, 15) is 20.0 Å². The molecular formula is C16H19N3O4S. The summed E-state index contributed by atoms with van der Waals surface area (Å²) in [4.78, 5) is 22.5. The highest BCUT2D eigenvalue weighted by molar-refractivity contribution is 7.07. The number of aryl methyl sites for hydroxylation is 1. The number of nitro benzene ring substituents is 1. The number of hydrogen-bond acceptors (Lipinski definition) is 5. The molecule has 0 radical (unpaired) electrons. The fraction of sp³-hybridized carbons (Fsp3) is 0.312. The zero-order valence-electron chi connectivity index (χ0n) is 13.4. The van der Waals surface area contributed by atoms with E-state index >= 15 is 0 Å². The second-order valence-electron chi connectivity index (χ2n) is 5.45. The van der Waals surface area contributed by atoms with Gasteiger partial charge in [0.2, 0.25) is 0 Å². The van der Waals surface area contributed by atoms with Gasteiger partial charge < -0.3 is 15.7 Å². The van der Waals surface area contributed by atoms with E-state index in [1.165, 1.54) is 17.4 Å². The molecule has 0 aliphatic heterocycles. The minimum absolute atomic E-state index is 0.0226. The predicted octanol–water partition coefficient (Wildman–Crippen LogP) is 3.06. The van der Waals surface area contributed by atoms with Gasteiger partial charge in [0.25, 0.3) is 5.69 Å². The molecule has 0 spiro atoms. The number of aliphatic hydroxyl groups excluding tert-OH is 1. The van der Waals surface area contributed by atoms with E-state index < -0.39 is 23.1 Å². The van der Waals surface area contributed by atoms with Gasteiger partial charge in [0.05, 0.1) is 17.1 Å². The number of aliphatic hydroxyl groups is 1. The molecule has 0 fully saturated rings. The van der Waals surface area contributed by atoms with Crippen LogP contribution in [0.25, 0.3) is 0 Å². The van der Waals surface area contributed by atoms with Crippen molar-refractivity contribution in [2.75, 3.05) is 6.54 Å². The first-order valence-electron chi connectivity index (χ1n) is 7.38. The molecule has 128 valence electrons. The number of rotatable bonds is 6. The quantitative estimate of drug-likeness (QED) is 0.550. The van der Waals surface area contributed by atoms with Crippen LogP contribution in [0, 0.1) is 17.0 Å². The van der Waals surface area contributed by atoms with Crippen LogP contribution in [0.2, 0.25) is 0 Å². The van der Waals surface area contributed by atoms with E-state index in [4.69, 9.17) is 0 Å². The molecule has 8 heteroatoms. The number of nitro groups is 1. The van der Waals surface area contributed by atoms with E-state index in [2.05, 4.69) is 10.6 Å². The van der Waals surface area contributed by atoms with Crippen LogP contribution in [0.15, 0.2) is 35.0 Å². The van der Waals surface area contributed by atoms with E-state index in [1.807, 2.05) is 10.8 Å². The lowest BCUT2D eigenvalue weighted by Gasteiger charge is -2.16. The largest absolute Gasteiger partial charge is 0.387 e. The molecule has 1 aromatic heterocycles. The van der Waals surface area contributed by atoms with Gasteiger partial charge in [-0.2, -0.15) is 11.3 Å². The lowest BCUT2D eigenvalue weighted by atomic mass is 10.0. The first-order chi connectivity index (χ1) is 11.4. The Labute approximate surface area is 143 Å². The van der Waals surface area contributed by atoms with Crippen molar-refractivity contribution in [3.05, 3.63) is 61.8 Å². The van der Waals surface area contributed by atoms with E-state index in [0.717, 1.165) is 5.56 Å². The second kappa shape index (κ2) is 7.89. The zero-order chi connectivity index (χ0) is 17.7. The summed E-state index contributed by atoms with van der Waals surface area (Å²) < 4.78 is 0. The molecule has 2 aromatic rings. The Hall–Kier alpha value is -2.45. The molecule has 0 saturated heterocycles. The van der Waals surface area contributed by atoms with Crippen molar-refractivity contribution < 1.29 is 14.8 Å². The highest BCUT2D eigenvalue weighted by atomic mass is 32.1. The van der Waals surface area contributed by atoms with Crippen LogP contribution < -0.4 is 10.6 Å². The number of amides is 2. The van der Waals surface area contributed by atoms with Crippen molar-refractivity contribution in [2.45, 2.75) is 26.0 Å². The number of thiophene rings is 1. The normalized spacial score (nSPS) is 13.1. The molecule has 0 saturated carbocycles. The number of benzene rings is 1. The van der Waals surface area contributed by atoms with Crippen molar-refractivity contribution in [1.29, 1.82) is 0 Å². The molecule has 2 rings (SSSR count). The van der Waals surface area contributed by atoms with Gasteiger partial charge in [-0.1, -0.05) is 12.1 Å². The third-order valence-electron chi connectivity index (χ3n) is 3.66. The van der Waals surface area contributed by atoms with Crippen LogP contribution in [0.3, 0.4) is 0 Å². The van der Waals surface area contributed by atoms with Crippen molar-refractivity contribution in [3.8, 4) is 0 Å². The summed E-state index contributed by atoms with van der Waals surface area (Å²) in [6.45, 7) is 3.49. The molecule has 2 unspecified atom stereocenters. The Morgan fingerprint density at radius 2 is 2.12 bits per heavy atom. The summed E-state index contributed by atoms with van der Waals surface area (Å²) in [6.07, 6.45) is -0.766. The van der Waals surface area contributed by atoms with Gasteiger partial charge >= 0.3 is 6.03 Å². The topological polar surface area (TPSA) is 104 Å². The van der Waals surface area contributed by atoms with Gasteiger partial charge in [-0.05, 0) is 41.8 Å². The summed E-state index contributed by atoms with van der Waals surface area (Å²) in [5.74, 6) is 0. The highest BCUT2D eigenvalue weighted by Crippen LogP contribution is 2.23. The van der Waals surface area contributed by atoms with Crippen LogP contribution >= 0.6 is 11.3 Å². The molecular weight excluding hydrogens is 330 g/mol. The lowest BCUT2D eigenvalue weighted by molar-refractivity contribution is -0.385. The number of carbonyl (C=O) groups excluding carboxylic acids is 1. The number of hydrogen-bond donors (Lipinski definition) is 3. The molecule has 1 aromatic carbocycles. The average Bonchev–Trinajstić information content (AvgIpc) is 3.07. The molecule has 3 N–H and O–H groups in total. The Morgan fingerprint density at radius 3 is 2.75 bits per heavy atom. The van der Waals surface area contributed by atoms with Gasteiger partial charge in [-0.25, -0.2) is 4.79 Å². The number of carbonyl (C=O) groups is 1. The maximum Gasteiger partial charge on any atom is 0.315 e. The van der Waals surface area contributed by atoms with Crippen molar-refractivity contribution in [2.24, 2.45) is 0 Å². The van der Waals surface area contributed by atoms with Gasteiger partial charge in [0.15, 0.2) is 0 Å². The minimum atomic E-state index is -0.766. The lowest BCUT2D eigenvalue weighted by Crippen LogP contribution is -2.39. The van der Waals surface area contributed by atoms with E-state index in [0.29, 0.717) is 11.1 Å². The monoisotopic (exact) mass is 349 g/mol. The first-order valence-corrected chi connectivity index (χ1v) is 8.32. The maximum absolute atomic E-state index is 11.9. The Morgan fingerprint density at radius 1 is 1.38 bits per heavy atom. The Kier molecular flexibility index (Phi) is 5.88. The van der Waals surface area contributed by atoms with Crippen LogP contribution in [0.4, 0.5) is 10.5 Å². The number of nitrogens with one attached hydrogen (secondary N) is 2. The fourth-order valence-electron chi connectivity index (χ4n) is 2.20. The van der Waals surface area contributed by atoms with Gasteiger partial charge in [0, 0.05) is 18.2 Å². The predicted molar refractivity (Wildman–Crippen MR) is 92.1 cm³/mol. The van der Waals surface area contributed by atoms with E-state index in [1.54, 1.807) is 32.0 Å². The third kappa shape index (κ3) is 4.53. The number of nitrogens with zero attached hydrogens (tertiary/aromatic N) is 1. The summed E-state index contributed by atoms with van der Waals surface area (Å²) in [6, 6.07) is 5.81. The molecule has 0 aliphatic rings. The van der Waals surface area contributed by atoms with Crippen molar-refractivity contribution in [3.63, 3.8) is 0 Å². The molecule has 2 amide bonds.